The minimum absolute atomic E-state index is 0.147. The van der Waals surface area contributed by atoms with Crippen molar-refractivity contribution in [2.24, 2.45) is 0 Å². The van der Waals surface area contributed by atoms with E-state index < -0.39 is 6.04 Å². The van der Waals surface area contributed by atoms with Gasteiger partial charge in [0.2, 0.25) is 5.91 Å². The van der Waals surface area contributed by atoms with E-state index in [1.54, 1.807) is 24.2 Å². The molecule has 5 rings (SSSR count). The maximum Gasteiger partial charge on any atom is 0.259 e. The van der Waals surface area contributed by atoms with Crippen molar-refractivity contribution in [3.05, 3.63) is 72.3 Å². The molecular formula is C23H20N6O2. The van der Waals surface area contributed by atoms with Gasteiger partial charge in [0, 0.05) is 41.9 Å². The van der Waals surface area contributed by atoms with E-state index >= 15 is 0 Å². The number of carbonyl (C=O) groups is 2. The van der Waals surface area contributed by atoms with E-state index in [2.05, 4.69) is 25.5 Å². The fraction of sp³-hybridized carbons (Fsp3) is 0.174. The lowest BCUT2D eigenvalue weighted by molar-refractivity contribution is -0.121. The van der Waals surface area contributed by atoms with Crippen molar-refractivity contribution in [2.45, 2.75) is 19.4 Å². The highest BCUT2D eigenvalue weighted by atomic mass is 16.2. The molecule has 0 bridgehead atoms. The number of carbonyl (C=O) groups excluding carboxylic acids is 2. The molecule has 1 aliphatic heterocycles. The Kier molecular flexibility index (Phi) is 4.66. The number of rotatable bonds is 6. The minimum atomic E-state index is -0.633. The van der Waals surface area contributed by atoms with Gasteiger partial charge in [-0.05, 0) is 36.6 Å². The second-order valence-electron chi connectivity index (χ2n) is 7.42. The molecule has 4 aromatic rings. The molecule has 0 fully saturated rings. The predicted octanol–water partition coefficient (Wildman–Crippen LogP) is 2.73. The van der Waals surface area contributed by atoms with Gasteiger partial charge in [-0.25, -0.2) is 4.98 Å². The van der Waals surface area contributed by atoms with E-state index in [1.807, 2.05) is 48.5 Å². The van der Waals surface area contributed by atoms with Crippen molar-refractivity contribution in [3.63, 3.8) is 0 Å². The quantitative estimate of drug-likeness (QED) is 0.507. The number of hydrogen-bond acceptors (Lipinski definition) is 5. The van der Waals surface area contributed by atoms with Crippen LogP contribution < -0.4 is 10.2 Å². The standard InChI is InChI=1S/C23H20N6O2/c1-14(29-18-9-3-6-15-5-2-8-17(20(15)18)23(29)31)22(30)25-12-10-19-26-21(28-27-19)16-7-4-11-24-13-16/h2-9,11,13-14H,10,12H2,1H3,(H,25,30)(H,26,27,28)/t14-/m1/s1. The number of amides is 2. The molecule has 2 N–H and O–H groups in total. The third kappa shape index (κ3) is 3.31. The second kappa shape index (κ2) is 7.64. The predicted molar refractivity (Wildman–Crippen MR) is 117 cm³/mol. The first-order valence-corrected chi connectivity index (χ1v) is 10.1. The van der Waals surface area contributed by atoms with Gasteiger partial charge in [0.25, 0.3) is 5.91 Å². The monoisotopic (exact) mass is 412 g/mol. The smallest absolute Gasteiger partial charge is 0.259 e. The second-order valence-corrected chi connectivity index (χ2v) is 7.42. The van der Waals surface area contributed by atoms with E-state index in [9.17, 15) is 9.59 Å². The highest BCUT2D eigenvalue weighted by Crippen LogP contribution is 2.38. The molecule has 0 unspecified atom stereocenters. The van der Waals surface area contributed by atoms with Crippen molar-refractivity contribution < 1.29 is 9.59 Å². The van der Waals surface area contributed by atoms with E-state index in [0.717, 1.165) is 22.0 Å². The van der Waals surface area contributed by atoms with Gasteiger partial charge in [-0.3, -0.25) is 24.6 Å². The summed E-state index contributed by atoms with van der Waals surface area (Å²) in [6, 6.07) is 14.5. The van der Waals surface area contributed by atoms with Gasteiger partial charge in [-0.15, -0.1) is 0 Å². The fourth-order valence-corrected chi connectivity index (χ4v) is 3.92. The average Bonchev–Trinajstić information content (AvgIpc) is 3.38. The number of hydrogen-bond donors (Lipinski definition) is 2. The molecule has 154 valence electrons. The fourth-order valence-electron chi connectivity index (χ4n) is 3.92. The lowest BCUT2D eigenvalue weighted by Crippen LogP contribution is -2.47. The molecule has 31 heavy (non-hydrogen) atoms. The van der Waals surface area contributed by atoms with Crippen molar-refractivity contribution in [1.29, 1.82) is 0 Å². The SMILES string of the molecule is C[C@H](C(=O)NCCc1nc(-c2cccnc2)n[nH]1)N1C(=O)c2cccc3cccc1c23. The zero-order valence-corrected chi connectivity index (χ0v) is 16.9. The third-order valence-electron chi connectivity index (χ3n) is 5.47. The Morgan fingerprint density at radius 2 is 2.00 bits per heavy atom. The molecule has 8 nitrogen and oxygen atoms in total. The van der Waals surface area contributed by atoms with Crippen LogP contribution in [0.2, 0.25) is 0 Å². The number of anilines is 1. The number of pyridine rings is 1. The normalized spacial score (nSPS) is 13.6. The number of aromatic amines is 1. The van der Waals surface area contributed by atoms with E-state index in [4.69, 9.17) is 0 Å². The number of aromatic nitrogens is 4. The Bertz CT molecular complexity index is 1280. The Morgan fingerprint density at radius 3 is 2.81 bits per heavy atom. The van der Waals surface area contributed by atoms with Gasteiger partial charge in [-0.1, -0.05) is 24.3 Å². The van der Waals surface area contributed by atoms with Crippen LogP contribution in [0.5, 0.6) is 0 Å². The summed E-state index contributed by atoms with van der Waals surface area (Å²) in [6.45, 7) is 2.12. The summed E-state index contributed by atoms with van der Waals surface area (Å²) in [6.07, 6.45) is 3.88. The summed E-state index contributed by atoms with van der Waals surface area (Å²) in [5, 5.41) is 11.9. The summed E-state index contributed by atoms with van der Waals surface area (Å²) in [5.41, 5.74) is 2.23. The number of nitrogens with zero attached hydrogens (tertiary/aromatic N) is 4. The summed E-state index contributed by atoms with van der Waals surface area (Å²) >= 11 is 0. The van der Waals surface area contributed by atoms with Crippen molar-refractivity contribution in [2.75, 3.05) is 11.4 Å². The van der Waals surface area contributed by atoms with E-state index in [0.29, 0.717) is 30.2 Å². The molecule has 0 radical (unpaired) electrons. The molecule has 2 amide bonds. The molecule has 1 aliphatic rings. The topological polar surface area (TPSA) is 104 Å². The summed E-state index contributed by atoms with van der Waals surface area (Å²) in [7, 11) is 0. The summed E-state index contributed by atoms with van der Waals surface area (Å²) in [4.78, 5) is 35.9. The first kappa shape index (κ1) is 18.9. The van der Waals surface area contributed by atoms with Crippen molar-refractivity contribution in [3.8, 4) is 11.4 Å². The maximum absolute atomic E-state index is 13.0. The van der Waals surface area contributed by atoms with Gasteiger partial charge in [0.1, 0.15) is 11.9 Å². The van der Waals surface area contributed by atoms with Crippen LogP contribution in [0.1, 0.15) is 23.1 Å². The summed E-state index contributed by atoms with van der Waals surface area (Å²) in [5.74, 6) is 0.869. The first-order valence-electron chi connectivity index (χ1n) is 10.1. The van der Waals surface area contributed by atoms with Crippen LogP contribution in [0.15, 0.2) is 60.9 Å². The van der Waals surface area contributed by atoms with Crippen LogP contribution in [-0.4, -0.2) is 44.6 Å². The molecule has 0 saturated heterocycles. The lowest BCUT2D eigenvalue weighted by Gasteiger charge is -2.24. The zero-order chi connectivity index (χ0) is 21.4. The number of H-pyrrole nitrogens is 1. The Morgan fingerprint density at radius 1 is 1.16 bits per heavy atom. The van der Waals surface area contributed by atoms with Gasteiger partial charge in [-0.2, -0.15) is 5.10 Å². The Labute approximate surface area is 178 Å². The van der Waals surface area contributed by atoms with Gasteiger partial charge >= 0.3 is 0 Å². The van der Waals surface area contributed by atoms with Crippen LogP contribution in [-0.2, 0) is 11.2 Å². The lowest BCUT2D eigenvalue weighted by atomic mass is 10.1. The zero-order valence-electron chi connectivity index (χ0n) is 16.9. The molecule has 3 heterocycles. The molecule has 0 saturated carbocycles. The van der Waals surface area contributed by atoms with Gasteiger partial charge < -0.3 is 5.32 Å². The molecule has 0 spiro atoms. The number of benzene rings is 2. The van der Waals surface area contributed by atoms with Crippen LogP contribution in [0.4, 0.5) is 5.69 Å². The molecule has 2 aromatic carbocycles. The third-order valence-corrected chi connectivity index (χ3v) is 5.47. The molecule has 1 atom stereocenters. The van der Waals surface area contributed by atoms with Crippen LogP contribution in [0.3, 0.4) is 0 Å². The van der Waals surface area contributed by atoms with Crippen LogP contribution in [0.25, 0.3) is 22.2 Å². The van der Waals surface area contributed by atoms with Gasteiger partial charge in [0.15, 0.2) is 5.82 Å². The van der Waals surface area contributed by atoms with Gasteiger partial charge in [0.05, 0.1) is 5.69 Å². The minimum Gasteiger partial charge on any atom is -0.354 e. The largest absolute Gasteiger partial charge is 0.354 e. The van der Waals surface area contributed by atoms with Crippen LogP contribution >= 0.6 is 0 Å². The molecular weight excluding hydrogens is 392 g/mol. The van der Waals surface area contributed by atoms with E-state index in [-0.39, 0.29) is 11.8 Å². The highest BCUT2D eigenvalue weighted by Gasteiger charge is 2.35. The molecule has 2 aromatic heterocycles. The van der Waals surface area contributed by atoms with Crippen molar-refractivity contribution >= 4 is 28.3 Å². The highest BCUT2D eigenvalue weighted by molar-refractivity contribution is 6.26. The first-order chi connectivity index (χ1) is 15.1. The maximum atomic E-state index is 13.0. The van der Waals surface area contributed by atoms with Crippen LogP contribution in [0, 0.1) is 0 Å². The molecule has 8 heteroatoms. The van der Waals surface area contributed by atoms with E-state index in [1.165, 1.54) is 0 Å². The molecule has 0 aliphatic carbocycles. The average molecular weight is 412 g/mol. The Hall–Kier alpha value is -4.07. The number of nitrogens with one attached hydrogen (secondary N) is 2. The Balaban J connectivity index is 1.24. The van der Waals surface area contributed by atoms with Crippen molar-refractivity contribution in [1.82, 2.24) is 25.5 Å². The summed E-state index contributed by atoms with van der Waals surface area (Å²) < 4.78 is 0.